The summed E-state index contributed by atoms with van der Waals surface area (Å²) in [5, 5.41) is 27.5. The van der Waals surface area contributed by atoms with Gasteiger partial charge in [0.2, 0.25) is 0 Å². The van der Waals surface area contributed by atoms with Crippen LogP contribution in [0, 0.1) is 31.1 Å². The van der Waals surface area contributed by atoms with Crippen molar-refractivity contribution in [3.8, 4) is 23.0 Å². The fourth-order valence-corrected chi connectivity index (χ4v) is 11.9. The lowest BCUT2D eigenvalue weighted by Crippen LogP contribution is -2.51. The van der Waals surface area contributed by atoms with Crippen molar-refractivity contribution in [2.45, 2.75) is 158 Å². The van der Waals surface area contributed by atoms with E-state index in [0.717, 1.165) is 95.9 Å². The molecule has 18 nitrogen and oxygen atoms in total. The monoisotopic (exact) mass is 1150 g/mol. The first-order valence-corrected chi connectivity index (χ1v) is 29.3. The number of aryl methyl sites for hydroxylation is 4. The smallest absolute Gasteiger partial charge is 0.410 e. The summed E-state index contributed by atoms with van der Waals surface area (Å²) < 4.78 is 33.0. The molecule has 6 aromatic rings. The third-order valence-electron chi connectivity index (χ3n) is 16.4. The fraction of sp³-hybridized carbons (Fsp3) is 0.485. The Labute approximate surface area is 493 Å². The topological polar surface area (TPSA) is 201 Å². The number of fused-ring (bicyclic) bond motifs is 4. The van der Waals surface area contributed by atoms with E-state index in [4.69, 9.17) is 33.9 Å². The summed E-state index contributed by atoms with van der Waals surface area (Å²) in [7, 11) is 3.12. The van der Waals surface area contributed by atoms with Crippen molar-refractivity contribution in [2.24, 2.45) is 17.3 Å². The number of carbonyl (C=O) groups excluding carboxylic acids is 3. The van der Waals surface area contributed by atoms with Gasteiger partial charge < -0.3 is 49.2 Å². The summed E-state index contributed by atoms with van der Waals surface area (Å²) in [4.78, 5) is 54.5. The van der Waals surface area contributed by atoms with Crippen molar-refractivity contribution in [1.29, 1.82) is 0 Å². The van der Waals surface area contributed by atoms with Gasteiger partial charge in [0, 0.05) is 60.9 Å². The van der Waals surface area contributed by atoms with Gasteiger partial charge in [-0.05, 0) is 203 Å². The number of likely N-dealkylation sites (tertiary alicyclic amines) is 2. The highest BCUT2D eigenvalue weighted by molar-refractivity contribution is 6.09. The highest BCUT2D eigenvalue weighted by atomic mass is 16.6. The molecule has 4 aliphatic rings. The Morgan fingerprint density at radius 1 is 0.655 bits per heavy atom. The minimum absolute atomic E-state index is 0.0132. The van der Waals surface area contributed by atoms with Gasteiger partial charge >= 0.3 is 12.2 Å². The second-order valence-corrected chi connectivity index (χ2v) is 25.9. The van der Waals surface area contributed by atoms with Gasteiger partial charge in [0.15, 0.2) is 0 Å². The lowest BCUT2D eigenvalue weighted by molar-refractivity contribution is 0.0179. The van der Waals surface area contributed by atoms with Gasteiger partial charge in [-0.15, -0.1) is 0 Å². The molecule has 0 bridgehead atoms. The minimum atomic E-state index is -0.835. The Morgan fingerprint density at radius 2 is 1.11 bits per heavy atom. The molecule has 448 valence electrons. The average molecular weight is 1150 g/mol. The van der Waals surface area contributed by atoms with Gasteiger partial charge in [-0.25, -0.2) is 9.59 Å². The number of amides is 4. The zero-order chi connectivity index (χ0) is 60.6. The van der Waals surface area contributed by atoms with Crippen LogP contribution in [0.2, 0.25) is 0 Å². The van der Waals surface area contributed by atoms with Crippen LogP contribution in [0.5, 0.6) is 23.0 Å². The van der Waals surface area contributed by atoms with Gasteiger partial charge in [0.05, 0.1) is 58.9 Å². The number of anilines is 2. The predicted octanol–water partition coefficient (Wildman–Crippen LogP) is 13.8. The van der Waals surface area contributed by atoms with Crippen LogP contribution < -0.4 is 29.6 Å². The molecule has 0 spiro atoms. The number of aromatic nitrogens is 4. The van der Waals surface area contributed by atoms with E-state index in [-0.39, 0.29) is 29.4 Å². The lowest BCUT2D eigenvalue weighted by Gasteiger charge is -2.44. The first-order valence-electron chi connectivity index (χ1n) is 29.3. The molecule has 2 atom stereocenters. The van der Waals surface area contributed by atoms with Crippen LogP contribution in [0.4, 0.5) is 21.0 Å². The highest BCUT2D eigenvalue weighted by Crippen LogP contribution is 2.42. The van der Waals surface area contributed by atoms with E-state index in [9.17, 15) is 24.3 Å². The number of hydrogen-bond donors (Lipinski definition) is 3. The first-order chi connectivity index (χ1) is 39.6. The second kappa shape index (κ2) is 23.9. The number of rotatable bonds is 12. The largest absolute Gasteiger partial charge is 0.495 e. The molecule has 2 aromatic heterocycles. The minimum Gasteiger partial charge on any atom is -0.495 e. The van der Waals surface area contributed by atoms with Gasteiger partial charge in [-0.1, -0.05) is 20.8 Å². The molecular formula is C66H84N8O10. The van der Waals surface area contributed by atoms with E-state index in [1.807, 2.05) is 149 Å². The Bertz CT molecular complexity index is 3530. The standard InChI is InChI=1S/2C33H42N4O5/c1-21-24-9-8-23(34-30(38)26-10-11-28-25(29(26)40-7)12-16-33(5,6)41-28)20-27(24)37(35-21)19-15-22-13-17-36(18-14-22)31(39)42-32(2,3)4;1-20-23-9-8-22(34-30(38)25-10-11-27-24(29(25)41-7)12-15-33(5,6)42-27)19-26(23)37(35-20)17-14-21-13-16-36(31(39)40)28(18-21)32(2,3)4/h8-12,16,20,22H,13-15,17-19H2,1-7H3,(H,34,38);8-12,15,19,21,28H,13-14,16-18H2,1-7H3,(H,34,38)(H,39,40). The summed E-state index contributed by atoms with van der Waals surface area (Å²) >= 11 is 0. The molecule has 4 aliphatic heterocycles. The number of nitrogens with zero attached hydrogens (tertiary/aromatic N) is 6. The number of nitrogens with one attached hydrogen (secondary N) is 2. The van der Waals surface area contributed by atoms with Crippen LogP contribution in [-0.4, -0.2) is 115 Å². The summed E-state index contributed by atoms with van der Waals surface area (Å²) in [6.07, 6.45) is 12.2. The maximum absolute atomic E-state index is 13.4. The van der Waals surface area contributed by atoms with E-state index in [2.05, 4.69) is 31.4 Å². The first kappa shape index (κ1) is 60.6. The summed E-state index contributed by atoms with van der Waals surface area (Å²) in [6.45, 7) is 27.4. The molecule has 84 heavy (non-hydrogen) atoms. The maximum atomic E-state index is 13.4. The SMILES string of the molecule is COc1c(C(=O)Nc2ccc3c(C)nn(CCC4CCN(C(=O)O)C(C(C)(C)C)C4)c3c2)ccc2c1C=CC(C)(C)O2.COc1c(C(=O)Nc2ccc3c(C)nn(CCC4CCN(C(=O)OC(C)(C)C)CC4)c3c2)ccc2c1C=CC(C)(C)O2. The summed E-state index contributed by atoms with van der Waals surface area (Å²) in [5.41, 5.74) is 6.08. The van der Waals surface area contributed by atoms with Gasteiger partial charge in [-0.3, -0.25) is 19.0 Å². The van der Waals surface area contributed by atoms with Crippen molar-refractivity contribution in [3.05, 3.63) is 106 Å². The zero-order valence-corrected chi connectivity index (χ0v) is 51.4. The molecule has 0 radical (unpaired) electrons. The third-order valence-corrected chi connectivity index (χ3v) is 16.4. The van der Waals surface area contributed by atoms with Crippen LogP contribution in [0.25, 0.3) is 34.0 Å². The van der Waals surface area contributed by atoms with Crippen LogP contribution in [0.3, 0.4) is 0 Å². The van der Waals surface area contributed by atoms with Crippen molar-refractivity contribution in [2.75, 3.05) is 44.5 Å². The number of benzene rings is 4. The van der Waals surface area contributed by atoms with Crippen LogP contribution in [-0.2, 0) is 17.8 Å². The lowest BCUT2D eigenvalue weighted by atomic mass is 9.76. The molecule has 6 heterocycles. The molecule has 18 heteroatoms. The number of methoxy groups -OCH3 is 2. The Balaban J connectivity index is 0.000000202. The number of hydrogen-bond acceptors (Lipinski definition) is 11. The van der Waals surface area contributed by atoms with E-state index in [1.165, 1.54) is 0 Å². The van der Waals surface area contributed by atoms with Gasteiger partial charge in [0.25, 0.3) is 11.8 Å². The second-order valence-electron chi connectivity index (χ2n) is 25.9. The molecule has 4 amide bonds. The number of carbonyl (C=O) groups is 4. The Hall–Kier alpha value is -8.02. The van der Waals surface area contributed by atoms with Gasteiger partial charge in [0.1, 0.15) is 39.8 Å². The fourth-order valence-electron chi connectivity index (χ4n) is 11.9. The number of piperidine rings is 2. The molecule has 4 aromatic carbocycles. The van der Waals surface area contributed by atoms with Crippen molar-refractivity contribution in [1.82, 2.24) is 29.4 Å². The van der Waals surface area contributed by atoms with Crippen molar-refractivity contribution >= 4 is 69.3 Å². The molecule has 0 saturated carbocycles. The molecule has 2 unspecified atom stereocenters. The van der Waals surface area contributed by atoms with Crippen LogP contribution in [0.1, 0.15) is 151 Å². The average Bonchev–Trinajstić information content (AvgIpc) is 3.84. The van der Waals surface area contributed by atoms with E-state index >= 15 is 0 Å². The number of carboxylic acid groups (broad SMARTS) is 1. The molecule has 3 N–H and O–H groups in total. The highest BCUT2D eigenvalue weighted by Gasteiger charge is 2.39. The molecular weight excluding hydrogens is 1060 g/mol. The third kappa shape index (κ3) is 13.6. The molecule has 10 rings (SSSR count). The number of ether oxygens (including phenoxy) is 5. The molecule has 2 saturated heterocycles. The molecule has 2 fully saturated rings. The van der Waals surface area contributed by atoms with E-state index in [0.29, 0.717) is 77.0 Å². The van der Waals surface area contributed by atoms with Crippen LogP contribution >= 0.6 is 0 Å². The van der Waals surface area contributed by atoms with E-state index in [1.54, 1.807) is 31.3 Å². The van der Waals surface area contributed by atoms with E-state index < -0.39 is 22.9 Å². The quantitative estimate of drug-likeness (QED) is 0.105. The van der Waals surface area contributed by atoms with Crippen molar-refractivity contribution < 1.29 is 48.0 Å². The molecule has 0 aliphatic carbocycles. The normalized spacial score (nSPS) is 18.2. The summed E-state index contributed by atoms with van der Waals surface area (Å²) in [5.74, 6) is 2.71. The Morgan fingerprint density at radius 3 is 1.54 bits per heavy atom. The Kier molecular flexibility index (Phi) is 17.2. The maximum Gasteiger partial charge on any atom is 0.410 e. The summed E-state index contributed by atoms with van der Waals surface area (Å²) in [6, 6.07) is 18.8. The van der Waals surface area contributed by atoms with Crippen LogP contribution in [0.15, 0.2) is 72.8 Å². The zero-order valence-electron chi connectivity index (χ0n) is 51.4. The van der Waals surface area contributed by atoms with Crippen molar-refractivity contribution in [3.63, 3.8) is 0 Å². The predicted molar refractivity (Wildman–Crippen MR) is 329 cm³/mol. The van der Waals surface area contributed by atoms with Gasteiger partial charge in [-0.2, -0.15) is 10.2 Å².